The van der Waals surface area contributed by atoms with Crippen molar-refractivity contribution >= 4 is 11.6 Å². The molecule has 1 aromatic rings. The Bertz CT molecular complexity index is 466. The molecule has 0 aliphatic carbocycles. The van der Waals surface area contributed by atoms with Crippen LogP contribution in [0.2, 0.25) is 0 Å². The van der Waals surface area contributed by atoms with Crippen molar-refractivity contribution in [1.29, 1.82) is 5.26 Å². The highest BCUT2D eigenvalue weighted by molar-refractivity contribution is 5.91. The molecule has 0 heterocycles. The van der Waals surface area contributed by atoms with Crippen LogP contribution in [0, 0.1) is 11.3 Å². The number of unbranched alkanes of at least 4 members (excludes halogenated alkanes) is 1. The second-order valence-electron chi connectivity index (χ2n) is 4.55. The zero-order chi connectivity index (χ0) is 14.8. The number of nitriles is 1. The molecule has 0 bridgehead atoms. The van der Waals surface area contributed by atoms with Crippen LogP contribution in [-0.4, -0.2) is 25.2 Å². The van der Waals surface area contributed by atoms with Gasteiger partial charge in [0.1, 0.15) is 12.4 Å². The SMILES string of the molecule is CC(C)OCC(=O)Nc1cccc(OCCCC#N)c1. The number of hydrogen-bond donors (Lipinski definition) is 1. The van der Waals surface area contributed by atoms with E-state index in [0.29, 0.717) is 30.9 Å². The lowest BCUT2D eigenvalue weighted by atomic mass is 10.3. The second kappa shape index (κ2) is 8.94. The topological polar surface area (TPSA) is 71.3 Å². The molecular weight excluding hydrogens is 256 g/mol. The first-order valence-electron chi connectivity index (χ1n) is 6.63. The van der Waals surface area contributed by atoms with Gasteiger partial charge in [-0.15, -0.1) is 0 Å². The molecule has 0 radical (unpaired) electrons. The molecule has 0 fully saturated rings. The average Bonchev–Trinajstić information content (AvgIpc) is 2.42. The summed E-state index contributed by atoms with van der Waals surface area (Å²) in [6.07, 6.45) is 1.19. The van der Waals surface area contributed by atoms with Crippen molar-refractivity contribution in [3.05, 3.63) is 24.3 Å². The average molecular weight is 276 g/mol. The first kappa shape index (κ1) is 16.0. The molecule has 5 heteroatoms. The quantitative estimate of drug-likeness (QED) is 0.741. The second-order valence-corrected chi connectivity index (χ2v) is 4.55. The Morgan fingerprint density at radius 1 is 1.45 bits per heavy atom. The number of nitrogens with one attached hydrogen (secondary N) is 1. The summed E-state index contributed by atoms with van der Waals surface area (Å²) in [5, 5.41) is 11.2. The van der Waals surface area contributed by atoms with Crippen LogP contribution in [0.5, 0.6) is 5.75 Å². The van der Waals surface area contributed by atoms with Crippen molar-refractivity contribution in [3.8, 4) is 11.8 Å². The zero-order valence-electron chi connectivity index (χ0n) is 11.9. The minimum absolute atomic E-state index is 0.0237. The minimum atomic E-state index is -0.194. The van der Waals surface area contributed by atoms with Crippen LogP contribution >= 0.6 is 0 Å². The summed E-state index contributed by atoms with van der Waals surface area (Å²) in [7, 11) is 0. The highest BCUT2D eigenvalue weighted by atomic mass is 16.5. The van der Waals surface area contributed by atoms with E-state index in [1.165, 1.54) is 0 Å². The maximum atomic E-state index is 11.6. The van der Waals surface area contributed by atoms with E-state index in [0.717, 1.165) is 0 Å². The monoisotopic (exact) mass is 276 g/mol. The van der Waals surface area contributed by atoms with Gasteiger partial charge in [0.05, 0.1) is 18.8 Å². The molecule has 1 aromatic carbocycles. The van der Waals surface area contributed by atoms with Crippen molar-refractivity contribution in [2.45, 2.75) is 32.8 Å². The van der Waals surface area contributed by atoms with Crippen molar-refractivity contribution < 1.29 is 14.3 Å². The summed E-state index contributed by atoms with van der Waals surface area (Å²) >= 11 is 0. The van der Waals surface area contributed by atoms with Crippen LogP contribution in [0.1, 0.15) is 26.7 Å². The number of ether oxygens (including phenoxy) is 2. The van der Waals surface area contributed by atoms with E-state index in [2.05, 4.69) is 11.4 Å². The van der Waals surface area contributed by atoms with Gasteiger partial charge in [0.15, 0.2) is 0 Å². The number of benzene rings is 1. The van der Waals surface area contributed by atoms with Crippen molar-refractivity contribution in [1.82, 2.24) is 0 Å². The van der Waals surface area contributed by atoms with Gasteiger partial charge >= 0.3 is 0 Å². The standard InChI is InChI=1S/C15H20N2O3/c1-12(2)20-11-15(18)17-13-6-5-7-14(10-13)19-9-4-3-8-16/h5-7,10,12H,3-4,9,11H2,1-2H3,(H,17,18). The Morgan fingerprint density at radius 2 is 2.25 bits per heavy atom. The molecule has 108 valence electrons. The van der Waals surface area contributed by atoms with Gasteiger partial charge in [-0.25, -0.2) is 0 Å². The maximum absolute atomic E-state index is 11.6. The predicted octanol–water partition coefficient (Wildman–Crippen LogP) is 2.73. The number of nitrogens with zero attached hydrogens (tertiary/aromatic N) is 1. The van der Waals surface area contributed by atoms with E-state index in [1.54, 1.807) is 18.2 Å². The lowest BCUT2D eigenvalue weighted by molar-refractivity contribution is -0.121. The molecule has 0 saturated carbocycles. The fourth-order valence-corrected chi connectivity index (χ4v) is 1.44. The number of amides is 1. The molecule has 0 spiro atoms. The smallest absolute Gasteiger partial charge is 0.250 e. The number of hydrogen-bond acceptors (Lipinski definition) is 4. The number of carbonyl (C=O) groups excluding carboxylic acids is 1. The zero-order valence-corrected chi connectivity index (χ0v) is 11.9. The van der Waals surface area contributed by atoms with Gasteiger partial charge in [0.25, 0.3) is 0 Å². The van der Waals surface area contributed by atoms with Crippen LogP contribution in [0.15, 0.2) is 24.3 Å². The molecule has 1 N–H and O–H groups in total. The molecule has 20 heavy (non-hydrogen) atoms. The van der Waals surface area contributed by atoms with E-state index in [1.807, 2.05) is 19.9 Å². The molecule has 1 rings (SSSR count). The molecule has 1 amide bonds. The van der Waals surface area contributed by atoms with Crippen molar-refractivity contribution in [2.75, 3.05) is 18.5 Å². The van der Waals surface area contributed by atoms with Crippen LogP contribution in [0.3, 0.4) is 0 Å². The summed E-state index contributed by atoms with van der Waals surface area (Å²) in [6, 6.07) is 9.22. The molecule has 0 aliphatic rings. The fourth-order valence-electron chi connectivity index (χ4n) is 1.44. The third kappa shape index (κ3) is 6.76. The maximum Gasteiger partial charge on any atom is 0.250 e. The van der Waals surface area contributed by atoms with E-state index in [-0.39, 0.29) is 18.6 Å². The van der Waals surface area contributed by atoms with Gasteiger partial charge in [-0.3, -0.25) is 4.79 Å². The first-order chi connectivity index (χ1) is 9.61. The van der Waals surface area contributed by atoms with Gasteiger partial charge in [0, 0.05) is 18.2 Å². The van der Waals surface area contributed by atoms with E-state index >= 15 is 0 Å². The van der Waals surface area contributed by atoms with E-state index in [9.17, 15) is 4.79 Å². The minimum Gasteiger partial charge on any atom is -0.493 e. The lowest BCUT2D eigenvalue weighted by Gasteiger charge is -2.10. The Hall–Kier alpha value is -2.06. The van der Waals surface area contributed by atoms with Crippen LogP contribution in [0.25, 0.3) is 0 Å². The summed E-state index contributed by atoms with van der Waals surface area (Å²) in [5.74, 6) is 0.478. The van der Waals surface area contributed by atoms with Gasteiger partial charge in [0.2, 0.25) is 5.91 Å². The molecular formula is C15H20N2O3. The fraction of sp³-hybridized carbons (Fsp3) is 0.467. The molecule has 0 unspecified atom stereocenters. The lowest BCUT2D eigenvalue weighted by Crippen LogP contribution is -2.20. The summed E-state index contributed by atoms with van der Waals surface area (Å²) in [6.45, 7) is 4.28. The molecule has 5 nitrogen and oxygen atoms in total. The van der Waals surface area contributed by atoms with Crippen LogP contribution in [-0.2, 0) is 9.53 Å². The summed E-state index contributed by atoms with van der Waals surface area (Å²) < 4.78 is 10.7. The largest absolute Gasteiger partial charge is 0.493 e. The Morgan fingerprint density at radius 3 is 2.95 bits per heavy atom. The highest BCUT2D eigenvalue weighted by Gasteiger charge is 2.05. The van der Waals surface area contributed by atoms with Gasteiger partial charge in [-0.05, 0) is 32.4 Å². The molecule has 0 aliphatic heterocycles. The van der Waals surface area contributed by atoms with Crippen molar-refractivity contribution in [2.24, 2.45) is 0 Å². The predicted molar refractivity (Wildman–Crippen MR) is 76.5 cm³/mol. The number of rotatable bonds is 8. The van der Waals surface area contributed by atoms with Crippen LogP contribution in [0.4, 0.5) is 5.69 Å². The third-order valence-electron chi connectivity index (χ3n) is 2.37. The van der Waals surface area contributed by atoms with E-state index in [4.69, 9.17) is 14.7 Å². The van der Waals surface area contributed by atoms with Gasteiger partial charge in [-0.1, -0.05) is 6.07 Å². The normalized spacial score (nSPS) is 10.1. The Labute approximate surface area is 119 Å². The summed E-state index contributed by atoms with van der Waals surface area (Å²) in [5.41, 5.74) is 0.667. The van der Waals surface area contributed by atoms with Gasteiger partial charge in [-0.2, -0.15) is 5.26 Å². The highest BCUT2D eigenvalue weighted by Crippen LogP contribution is 2.17. The molecule has 0 atom stereocenters. The molecule has 0 saturated heterocycles. The number of carbonyl (C=O) groups is 1. The number of anilines is 1. The van der Waals surface area contributed by atoms with Gasteiger partial charge < -0.3 is 14.8 Å². The summed E-state index contributed by atoms with van der Waals surface area (Å²) in [4.78, 5) is 11.6. The van der Waals surface area contributed by atoms with Crippen molar-refractivity contribution in [3.63, 3.8) is 0 Å². The third-order valence-corrected chi connectivity index (χ3v) is 2.37. The van der Waals surface area contributed by atoms with Crippen LogP contribution < -0.4 is 10.1 Å². The first-order valence-corrected chi connectivity index (χ1v) is 6.63. The Kier molecular flexibility index (Phi) is 7.15. The Balaban J connectivity index is 2.43. The molecule has 0 aromatic heterocycles. The van der Waals surface area contributed by atoms with E-state index < -0.39 is 0 Å².